The van der Waals surface area contributed by atoms with E-state index in [9.17, 15) is 19.5 Å². The lowest BCUT2D eigenvalue weighted by Gasteiger charge is -2.40. The van der Waals surface area contributed by atoms with Crippen LogP contribution < -0.4 is 9.64 Å². The van der Waals surface area contributed by atoms with Crippen molar-refractivity contribution in [1.82, 2.24) is 9.80 Å². The Kier molecular flexibility index (Phi) is 8.35. The van der Waals surface area contributed by atoms with Crippen LogP contribution in [0.25, 0.3) is 0 Å². The number of amides is 3. The van der Waals surface area contributed by atoms with Crippen molar-refractivity contribution in [2.75, 3.05) is 31.2 Å². The fourth-order valence-corrected chi connectivity index (χ4v) is 7.55. The summed E-state index contributed by atoms with van der Waals surface area (Å²) in [5.74, 6) is -1.91. The molecule has 7 atom stereocenters. The number of benzene rings is 2. The van der Waals surface area contributed by atoms with Gasteiger partial charge in [0.15, 0.2) is 0 Å². The molecule has 0 aliphatic carbocycles. The molecule has 0 radical (unpaired) electrons. The molecule has 4 aliphatic rings. The lowest BCUT2D eigenvalue weighted by Crippen LogP contribution is -2.57. The first-order chi connectivity index (χ1) is 21.4. The van der Waals surface area contributed by atoms with Gasteiger partial charge in [-0.3, -0.25) is 14.4 Å². The summed E-state index contributed by atoms with van der Waals surface area (Å²) < 4.78 is 12.4. The lowest BCUT2D eigenvalue weighted by atomic mass is 9.77. The molecule has 1 N–H and O–H groups in total. The van der Waals surface area contributed by atoms with Gasteiger partial charge in [0, 0.05) is 24.8 Å². The number of likely N-dealkylation sites (tertiary alicyclic amines) is 1. The van der Waals surface area contributed by atoms with E-state index in [4.69, 9.17) is 9.47 Å². The van der Waals surface area contributed by atoms with Gasteiger partial charge in [-0.1, -0.05) is 68.0 Å². The molecule has 2 aromatic carbocycles. The fraction of sp³-hybridized carbons (Fsp3) is 0.457. The van der Waals surface area contributed by atoms with Gasteiger partial charge in [-0.15, -0.1) is 0 Å². The lowest BCUT2D eigenvalue weighted by molar-refractivity contribution is -0.151. The molecule has 232 valence electrons. The quantitative estimate of drug-likeness (QED) is 0.439. The van der Waals surface area contributed by atoms with Crippen LogP contribution in [0.3, 0.4) is 0 Å². The maximum absolute atomic E-state index is 14.8. The smallest absolute Gasteiger partial charge is 0.249 e. The Morgan fingerprint density at radius 1 is 0.977 bits per heavy atom. The summed E-state index contributed by atoms with van der Waals surface area (Å²) in [6.07, 6.45) is 8.55. The van der Waals surface area contributed by atoms with Crippen molar-refractivity contribution in [3.63, 3.8) is 0 Å². The second kappa shape index (κ2) is 12.2. The van der Waals surface area contributed by atoms with Crippen molar-refractivity contribution in [2.45, 2.75) is 63.4 Å². The average molecular weight is 600 g/mol. The number of hydrogen-bond acceptors (Lipinski definition) is 6. The Balaban J connectivity index is 1.45. The predicted molar refractivity (Wildman–Crippen MR) is 166 cm³/mol. The van der Waals surface area contributed by atoms with Crippen molar-refractivity contribution in [3.8, 4) is 5.75 Å². The SMILES string of the molecule is CCCC(C)N1CC=C[C@]23O[C@H]4C=CCN(c5ccc(OCC)cc5)C(=O)[C@H]4[C@H]2C(=O)N([C@H](CO)c2ccccc2)C3C1=O. The molecule has 2 fully saturated rings. The Bertz CT molecular complexity index is 1440. The highest BCUT2D eigenvalue weighted by Crippen LogP contribution is 2.55. The molecule has 3 amide bonds. The second-order valence-electron chi connectivity index (χ2n) is 12.0. The molecule has 9 heteroatoms. The van der Waals surface area contributed by atoms with E-state index in [1.54, 1.807) is 4.90 Å². The van der Waals surface area contributed by atoms with Crippen LogP contribution in [0.1, 0.15) is 45.2 Å². The van der Waals surface area contributed by atoms with Crippen LogP contribution in [0.2, 0.25) is 0 Å². The number of aliphatic hydroxyl groups is 1. The molecule has 2 saturated heterocycles. The van der Waals surface area contributed by atoms with Crippen molar-refractivity contribution < 1.29 is 29.0 Å². The van der Waals surface area contributed by atoms with Gasteiger partial charge < -0.3 is 29.3 Å². The Labute approximate surface area is 258 Å². The number of nitrogens with zero attached hydrogens (tertiary/aromatic N) is 3. The van der Waals surface area contributed by atoms with Crippen LogP contribution in [0.15, 0.2) is 78.9 Å². The molecule has 44 heavy (non-hydrogen) atoms. The van der Waals surface area contributed by atoms with Crippen LogP contribution in [-0.4, -0.2) is 82.7 Å². The third-order valence-electron chi connectivity index (χ3n) is 9.52. The molecule has 6 rings (SSSR count). The highest BCUT2D eigenvalue weighted by atomic mass is 16.5. The summed E-state index contributed by atoms with van der Waals surface area (Å²) >= 11 is 0. The van der Waals surface area contributed by atoms with E-state index in [1.165, 1.54) is 4.90 Å². The summed E-state index contributed by atoms with van der Waals surface area (Å²) in [7, 11) is 0. The number of carbonyl (C=O) groups excluding carboxylic acids is 3. The first-order valence-corrected chi connectivity index (χ1v) is 15.7. The number of ether oxygens (including phenoxy) is 2. The van der Waals surface area contributed by atoms with Crippen LogP contribution in [-0.2, 0) is 19.1 Å². The van der Waals surface area contributed by atoms with Crippen molar-refractivity contribution >= 4 is 23.4 Å². The van der Waals surface area contributed by atoms with Crippen LogP contribution >= 0.6 is 0 Å². The maximum Gasteiger partial charge on any atom is 0.249 e. The summed E-state index contributed by atoms with van der Waals surface area (Å²) in [5.41, 5.74) is 0.0363. The molecular formula is C35H41N3O6. The molecule has 0 bridgehead atoms. The topological polar surface area (TPSA) is 99.6 Å². The number of hydrogen-bond donors (Lipinski definition) is 1. The molecule has 4 heterocycles. The minimum Gasteiger partial charge on any atom is -0.494 e. The van der Waals surface area contributed by atoms with Gasteiger partial charge in [-0.25, -0.2) is 0 Å². The standard InChI is InChI=1S/C35H41N3O6/c1-4-11-23(3)36-21-10-19-35-30(33(41)38(31(35)34(36)42)27(22-39)24-12-7-6-8-13-24)29-28(44-35)14-9-20-37(32(29)40)25-15-17-26(18-16-25)43-5-2/h6-10,12-19,23,27-31,39H,4-5,11,20-22H2,1-3H3/t23?,27-,28+,29-,30+,31?,35+/m1/s1. The Hall–Kier alpha value is -3.95. The van der Waals surface area contributed by atoms with Gasteiger partial charge in [-0.2, -0.15) is 0 Å². The number of rotatable bonds is 9. The third-order valence-corrected chi connectivity index (χ3v) is 9.52. The first kappa shape index (κ1) is 30.1. The average Bonchev–Trinajstić information content (AvgIpc) is 3.34. The second-order valence-corrected chi connectivity index (χ2v) is 12.0. The third kappa shape index (κ3) is 4.82. The Morgan fingerprint density at radius 2 is 1.73 bits per heavy atom. The normalized spacial score (nSPS) is 29.2. The van der Waals surface area contributed by atoms with Gasteiger partial charge in [0.1, 0.15) is 17.4 Å². The van der Waals surface area contributed by atoms with E-state index in [1.807, 2.05) is 97.6 Å². The zero-order valence-electron chi connectivity index (χ0n) is 25.5. The Morgan fingerprint density at radius 3 is 2.41 bits per heavy atom. The minimum absolute atomic E-state index is 0.0591. The van der Waals surface area contributed by atoms with E-state index in [2.05, 4.69) is 6.92 Å². The fourth-order valence-electron chi connectivity index (χ4n) is 7.55. The molecule has 4 aliphatic heterocycles. The monoisotopic (exact) mass is 599 g/mol. The molecule has 2 unspecified atom stereocenters. The van der Waals surface area contributed by atoms with Crippen LogP contribution in [0.4, 0.5) is 5.69 Å². The maximum atomic E-state index is 14.8. The highest BCUT2D eigenvalue weighted by molar-refractivity contribution is 6.04. The van der Waals surface area contributed by atoms with Crippen molar-refractivity contribution in [3.05, 3.63) is 84.5 Å². The number of carbonyl (C=O) groups is 3. The van der Waals surface area contributed by atoms with Crippen molar-refractivity contribution in [2.24, 2.45) is 11.8 Å². The van der Waals surface area contributed by atoms with Gasteiger partial charge in [0.2, 0.25) is 17.7 Å². The van der Waals surface area contributed by atoms with Crippen LogP contribution in [0.5, 0.6) is 5.75 Å². The minimum atomic E-state index is -1.37. The van der Waals surface area contributed by atoms with Gasteiger partial charge >= 0.3 is 0 Å². The molecule has 2 aromatic rings. The molecule has 9 nitrogen and oxygen atoms in total. The molecule has 1 spiro atoms. The summed E-state index contributed by atoms with van der Waals surface area (Å²) in [5, 5.41) is 10.7. The van der Waals surface area contributed by atoms with E-state index in [-0.39, 0.29) is 30.4 Å². The van der Waals surface area contributed by atoms with Crippen LogP contribution in [0, 0.1) is 11.8 Å². The summed E-state index contributed by atoms with van der Waals surface area (Å²) in [4.78, 5) is 48.9. The zero-order chi connectivity index (χ0) is 31.0. The zero-order valence-corrected chi connectivity index (χ0v) is 25.5. The van der Waals surface area contributed by atoms with Crippen molar-refractivity contribution in [1.29, 1.82) is 0 Å². The predicted octanol–water partition coefficient (Wildman–Crippen LogP) is 3.89. The van der Waals surface area contributed by atoms with Gasteiger partial charge in [0.25, 0.3) is 0 Å². The number of fused-ring (bicyclic) bond motifs is 2. The molecule has 0 aromatic heterocycles. The number of aliphatic hydroxyl groups excluding tert-OH is 1. The summed E-state index contributed by atoms with van der Waals surface area (Å²) in [6.45, 7) is 6.87. The van der Waals surface area contributed by atoms with E-state index >= 15 is 0 Å². The highest BCUT2D eigenvalue weighted by Gasteiger charge is 2.72. The number of anilines is 1. The van der Waals surface area contributed by atoms with E-state index in [0.717, 1.165) is 12.8 Å². The molecule has 0 saturated carbocycles. The van der Waals surface area contributed by atoms with Gasteiger partial charge in [-0.05, 0) is 50.1 Å². The van der Waals surface area contributed by atoms with E-state index in [0.29, 0.717) is 36.7 Å². The van der Waals surface area contributed by atoms with E-state index < -0.39 is 35.6 Å². The van der Waals surface area contributed by atoms with Gasteiger partial charge in [0.05, 0.1) is 37.2 Å². The first-order valence-electron chi connectivity index (χ1n) is 15.7. The summed E-state index contributed by atoms with van der Waals surface area (Å²) in [6, 6.07) is 14.7. The molecular weight excluding hydrogens is 558 g/mol. The largest absolute Gasteiger partial charge is 0.494 e.